The van der Waals surface area contributed by atoms with Crippen LogP contribution in [0.2, 0.25) is 5.02 Å². The van der Waals surface area contributed by atoms with Crippen LogP contribution in [0.25, 0.3) is 23.1 Å². The van der Waals surface area contributed by atoms with E-state index in [-0.39, 0.29) is 5.75 Å². The van der Waals surface area contributed by atoms with Gasteiger partial charge in [0, 0.05) is 5.39 Å². The Labute approximate surface area is 133 Å². The lowest BCUT2D eigenvalue weighted by Crippen LogP contribution is -1.87. The Morgan fingerprint density at radius 2 is 1.82 bits per heavy atom. The average molecular weight is 312 g/mol. The number of nitrogens with zero attached hydrogens (tertiary/aromatic N) is 1. The second-order valence-electron chi connectivity index (χ2n) is 4.84. The lowest BCUT2D eigenvalue weighted by molar-refractivity contribution is 0.415. The maximum atomic E-state index is 9.28. The first-order valence-electron chi connectivity index (χ1n) is 6.77. The van der Waals surface area contributed by atoms with Crippen molar-refractivity contribution in [2.45, 2.75) is 0 Å². The molecule has 0 saturated heterocycles. The summed E-state index contributed by atoms with van der Waals surface area (Å²) in [6.07, 6.45) is 3.81. The molecule has 0 unspecified atom stereocenters. The molecule has 22 heavy (non-hydrogen) atoms. The molecule has 4 heteroatoms. The number of benzene rings is 2. The molecule has 1 aromatic heterocycles. The first-order valence-corrected chi connectivity index (χ1v) is 7.15. The number of phenolic OH excluding ortho intramolecular Hbond substituents is 1. The quantitative estimate of drug-likeness (QED) is 0.757. The summed E-state index contributed by atoms with van der Waals surface area (Å²) in [6.45, 7) is 0. The van der Waals surface area contributed by atoms with Gasteiger partial charge in [0.25, 0.3) is 0 Å². The first kappa shape index (κ1) is 14.4. The SMILES string of the molecule is COc1ccc2nc(/C=C/c3ccc(O)cc3)cc(Cl)c2c1. The third-order valence-electron chi connectivity index (χ3n) is 3.32. The maximum Gasteiger partial charge on any atom is 0.119 e. The van der Waals surface area contributed by atoms with Crippen molar-refractivity contribution in [3.05, 3.63) is 64.8 Å². The Morgan fingerprint density at radius 3 is 2.55 bits per heavy atom. The van der Waals surface area contributed by atoms with Gasteiger partial charge in [-0.3, -0.25) is 0 Å². The molecule has 0 aliphatic rings. The van der Waals surface area contributed by atoms with Gasteiger partial charge in [-0.1, -0.05) is 29.8 Å². The highest BCUT2D eigenvalue weighted by Gasteiger charge is 2.04. The molecule has 0 amide bonds. The van der Waals surface area contributed by atoms with Crippen molar-refractivity contribution in [3.8, 4) is 11.5 Å². The van der Waals surface area contributed by atoms with Crippen LogP contribution in [0.15, 0.2) is 48.5 Å². The highest BCUT2D eigenvalue weighted by atomic mass is 35.5. The molecule has 0 aliphatic heterocycles. The van der Waals surface area contributed by atoms with Crippen LogP contribution < -0.4 is 4.74 Å². The van der Waals surface area contributed by atoms with Gasteiger partial charge in [-0.15, -0.1) is 0 Å². The molecule has 1 heterocycles. The van der Waals surface area contributed by atoms with E-state index in [4.69, 9.17) is 16.3 Å². The predicted molar refractivity (Wildman–Crippen MR) is 90.3 cm³/mol. The zero-order valence-electron chi connectivity index (χ0n) is 12.0. The Balaban J connectivity index is 1.96. The van der Waals surface area contributed by atoms with Crippen molar-refractivity contribution in [2.75, 3.05) is 7.11 Å². The van der Waals surface area contributed by atoms with Crippen molar-refractivity contribution < 1.29 is 9.84 Å². The van der Waals surface area contributed by atoms with E-state index in [1.54, 1.807) is 19.2 Å². The van der Waals surface area contributed by atoms with Crippen LogP contribution >= 0.6 is 11.6 Å². The van der Waals surface area contributed by atoms with Crippen molar-refractivity contribution >= 4 is 34.7 Å². The van der Waals surface area contributed by atoms with Gasteiger partial charge in [-0.25, -0.2) is 4.98 Å². The van der Waals surface area contributed by atoms with Gasteiger partial charge in [-0.2, -0.15) is 0 Å². The van der Waals surface area contributed by atoms with Gasteiger partial charge in [0.1, 0.15) is 11.5 Å². The topological polar surface area (TPSA) is 42.4 Å². The minimum atomic E-state index is 0.248. The van der Waals surface area contributed by atoms with Crippen LogP contribution in [0, 0.1) is 0 Å². The van der Waals surface area contributed by atoms with Crippen molar-refractivity contribution in [1.29, 1.82) is 0 Å². The van der Waals surface area contributed by atoms with Crippen molar-refractivity contribution in [2.24, 2.45) is 0 Å². The van der Waals surface area contributed by atoms with Gasteiger partial charge >= 0.3 is 0 Å². The zero-order chi connectivity index (χ0) is 15.5. The van der Waals surface area contributed by atoms with E-state index in [9.17, 15) is 5.11 Å². The molecular weight excluding hydrogens is 298 g/mol. The van der Waals surface area contributed by atoms with Crippen molar-refractivity contribution in [3.63, 3.8) is 0 Å². The Kier molecular flexibility index (Phi) is 3.98. The molecule has 110 valence electrons. The van der Waals surface area contributed by atoms with Gasteiger partial charge in [0.15, 0.2) is 0 Å². The second kappa shape index (κ2) is 6.08. The number of methoxy groups -OCH3 is 1. The molecule has 0 fully saturated rings. The third kappa shape index (κ3) is 3.05. The summed E-state index contributed by atoms with van der Waals surface area (Å²) < 4.78 is 5.20. The van der Waals surface area contributed by atoms with E-state index in [2.05, 4.69) is 4.98 Å². The standard InChI is InChI=1S/C18H14ClNO2/c1-22-15-8-9-18-16(11-15)17(19)10-13(20-18)5-2-12-3-6-14(21)7-4-12/h2-11,21H,1H3/b5-2+. The molecule has 2 aromatic carbocycles. The normalized spacial score (nSPS) is 11.2. The molecule has 3 aromatic rings. The first-order chi connectivity index (χ1) is 10.7. The van der Waals surface area contributed by atoms with Gasteiger partial charge in [0.05, 0.1) is 23.3 Å². The van der Waals surface area contributed by atoms with E-state index < -0.39 is 0 Å². The Bertz CT molecular complexity index is 842. The van der Waals surface area contributed by atoms with E-state index in [0.717, 1.165) is 27.9 Å². The number of fused-ring (bicyclic) bond motifs is 1. The summed E-state index contributed by atoms with van der Waals surface area (Å²) in [5, 5.41) is 10.8. The van der Waals surface area contributed by atoms with Crippen LogP contribution in [0.1, 0.15) is 11.3 Å². The largest absolute Gasteiger partial charge is 0.508 e. The molecule has 1 N–H and O–H groups in total. The average Bonchev–Trinajstić information content (AvgIpc) is 2.54. The predicted octanol–water partition coefficient (Wildman–Crippen LogP) is 4.77. The van der Waals surface area contributed by atoms with Gasteiger partial charge in [0.2, 0.25) is 0 Å². The van der Waals surface area contributed by atoms with E-state index in [0.29, 0.717) is 5.02 Å². The highest BCUT2D eigenvalue weighted by Crippen LogP contribution is 2.27. The van der Waals surface area contributed by atoms with E-state index >= 15 is 0 Å². The lowest BCUT2D eigenvalue weighted by Gasteiger charge is -2.05. The maximum absolute atomic E-state index is 9.28. The molecule has 3 nitrogen and oxygen atoms in total. The van der Waals surface area contributed by atoms with Crippen LogP contribution in [0.3, 0.4) is 0 Å². The number of hydrogen-bond donors (Lipinski definition) is 1. The number of hydrogen-bond acceptors (Lipinski definition) is 3. The number of phenols is 1. The van der Waals surface area contributed by atoms with Crippen molar-refractivity contribution in [1.82, 2.24) is 4.98 Å². The zero-order valence-corrected chi connectivity index (χ0v) is 12.7. The highest BCUT2D eigenvalue weighted by molar-refractivity contribution is 6.35. The fourth-order valence-electron chi connectivity index (χ4n) is 2.16. The molecule has 3 rings (SSSR count). The number of aromatic hydroxyl groups is 1. The van der Waals surface area contributed by atoms with Crippen LogP contribution in [0.4, 0.5) is 0 Å². The molecule has 0 bridgehead atoms. The molecule has 0 spiro atoms. The summed E-state index contributed by atoms with van der Waals surface area (Å²) >= 11 is 6.33. The smallest absolute Gasteiger partial charge is 0.119 e. The second-order valence-corrected chi connectivity index (χ2v) is 5.24. The summed E-state index contributed by atoms with van der Waals surface area (Å²) in [7, 11) is 1.62. The van der Waals surface area contributed by atoms with Crippen LogP contribution in [-0.2, 0) is 0 Å². The number of ether oxygens (including phenoxy) is 1. The molecule has 0 radical (unpaired) electrons. The fourth-order valence-corrected chi connectivity index (χ4v) is 2.43. The lowest BCUT2D eigenvalue weighted by atomic mass is 10.1. The summed E-state index contributed by atoms with van der Waals surface area (Å²) in [5.74, 6) is 1.00. The molecule has 0 aliphatic carbocycles. The number of halogens is 1. The summed E-state index contributed by atoms with van der Waals surface area (Å²) in [4.78, 5) is 4.57. The molecular formula is C18H14ClNO2. The van der Waals surface area contributed by atoms with E-state index in [1.165, 1.54) is 0 Å². The number of rotatable bonds is 3. The summed E-state index contributed by atoms with van der Waals surface area (Å²) in [6, 6.07) is 14.4. The Hall–Kier alpha value is -2.52. The molecule has 0 saturated carbocycles. The Morgan fingerprint density at radius 1 is 1.05 bits per heavy atom. The molecule has 0 atom stereocenters. The van der Waals surface area contributed by atoms with Crippen LogP contribution in [-0.4, -0.2) is 17.2 Å². The minimum Gasteiger partial charge on any atom is -0.508 e. The number of aromatic nitrogens is 1. The van der Waals surface area contributed by atoms with Gasteiger partial charge in [-0.05, 0) is 48.0 Å². The summed E-state index contributed by atoms with van der Waals surface area (Å²) in [5.41, 5.74) is 2.57. The number of pyridine rings is 1. The fraction of sp³-hybridized carbons (Fsp3) is 0.0556. The van der Waals surface area contributed by atoms with Crippen LogP contribution in [0.5, 0.6) is 11.5 Å². The van der Waals surface area contributed by atoms with E-state index in [1.807, 2.05) is 48.6 Å². The minimum absolute atomic E-state index is 0.248. The monoisotopic (exact) mass is 311 g/mol. The third-order valence-corrected chi connectivity index (χ3v) is 3.64. The van der Waals surface area contributed by atoms with Gasteiger partial charge < -0.3 is 9.84 Å².